The number of hydrogen-bond donors (Lipinski definition) is 3. The van der Waals surface area contributed by atoms with E-state index in [4.69, 9.17) is 5.73 Å². The summed E-state index contributed by atoms with van der Waals surface area (Å²) >= 11 is 0. The van der Waals surface area contributed by atoms with E-state index in [9.17, 15) is 9.59 Å². The third-order valence-electron chi connectivity index (χ3n) is 5.10. The molecule has 0 saturated heterocycles. The maximum Gasteiger partial charge on any atom is 0.337 e. The number of benzene rings is 2. The summed E-state index contributed by atoms with van der Waals surface area (Å²) in [7, 11) is 1.35. The van der Waals surface area contributed by atoms with Crippen LogP contribution in [0.5, 0.6) is 0 Å². The largest absolute Gasteiger partial charge is 0.465 e. The molecule has 2 atom stereocenters. The molecule has 0 aromatic heterocycles. The number of hydrogen-bond acceptors (Lipinski definition) is 5. The minimum Gasteiger partial charge on any atom is -0.465 e. The van der Waals surface area contributed by atoms with Gasteiger partial charge in [-0.3, -0.25) is 4.79 Å². The van der Waals surface area contributed by atoms with Gasteiger partial charge in [-0.2, -0.15) is 0 Å². The molecule has 28 heavy (non-hydrogen) atoms. The molecular formula is C22H27N3O3. The number of methoxy groups -OCH3 is 1. The van der Waals surface area contributed by atoms with Crippen LogP contribution in [-0.4, -0.2) is 37.6 Å². The van der Waals surface area contributed by atoms with Crippen molar-refractivity contribution in [1.82, 2.24) is 5.32 Å². The molecule has 1 amide bonds. The van der Waals surface area contributed by atoms with Crippen LogP contribution >= 0.6 is 0 Å². The molecule has 0 fully saturated rings. The summed E-state index contributed by atoms with van der Waals surface area (Å²) in [5, 5.41) is 6.47. The highest BCUT2D eigenvalue weighted by Crippen LogP contribution is 2.25. The molecule has 1 heterocycles. The maximum atomic E-state index is 12.3. The Hall–Kier alpha value is -2.86. The lowest BCUT2D eigenvalue weighted by Crippen LogP contribution is -2.43. The van der Waals surface area contributed by atoms with Crippen molar-refractivity contribution in [2.75, 3.05) is 19.0 Å². The van der Waals surface area contributed by atoms with Gasteiger partial charge in [-0.15, -0.1) is 0 Å². The number of amides is 1. The Kier molecular flexibility index (Phi) is 6.66. The van der Waals surface area contributed by atoms with E-state index < -0.39 is 6.04 Å². The van der Waals surface area contributed by atoms with Crippen LogP contribution in [0.2, 0.25) is 0 Å². The number of nitrogens with two attached hydrogens (primary N) is 1. The molecule has 6 heteroatoms. The summed E-state index contributed by atoms with van der Waals surface area (Å²) in [6.07, 6.45) is 3.40. The van der Waals surface area contributed by atoms with E-state index >= 15 is 0 Å². The van der Waals surface area contributed by atoms with E-state index in [0.717, 1.165) is 24.8 Å². The van der Waals surface area contributed by atoms with Gasteiger partial charge in [-0.05, 0) is 55.0 Å². The standard InChI is InChI=1S/C22H27N3O3/c1-28-22(27)17-8-6-15(7-9-17)14-19(23)21(26)24-13-12-18-11-10-16-4-2-3-5-20(16)25-18/h2-9,18-19,25H,10-14,23H2,1H3,(H,24,26)/t18?,19-/m0/s1. The van der Waals surface area contributed by atoms with Gasteiger partial charge in [-0.1, -0.05) is 30.3 Å². The van der Waals surface area contributed by atoms with Crippen molar-refractivity contribution in [1.29, 1.82) is 0 Å². The molecule has 0 radical (unpaired) electrons. The molecule has 4 N–H and O–H groups in total. The fourth-order valence-corrected chi connectivity index (χ4v) is 3.46. The lowest BCUT2D eigenvalue weighted by Gasteiger charge is -2.27. The fraction of sp³-hybridized carbons (Fsp3) is 0.364. The lowest BCUT2D eigenvalue weighted by atomic mass is 9.96. The lowest BCUT2D eigenvalue weighted by molar-refractivity contribution is -0.122. The topological polar surface area (TPSA) is 93.5 Å². The quantitative estimate of drug-likeness (QED) is 0.640. The minimum absolute atomic E-state index is 0.159. The van der Waals surface area contributed by atoms with Crippen LogP contribution in [0.3, 0.4) is 0 Å². The number of aryl methyl sites for hydroxylation is 1. The van der Waals surface area contributed by atoms with E-state index in [2.05, 4.69) is 33.6 Å². The van der Waals surface area contributed by atoms with Gasteiger partial charge in [0.1, 0.15) is 0 Å². The predicted molar refractivity (Wildman–Crippen MR) is 109 cm³/mol. The first-order valence-corrected chi connectivity index (χ1v) is 9.62. The van der Waals surface area contributed by atoms with Gasteiger partial charge >= 0.3 is 5.97 Å². The molecule has 2 aromatic carbocycles. The van der Waals surface area contributed by atoms with Crippen LogP contribution < -0.4 is 16.4 Å². The molecule has 3 rings (SSSR count). The third-order valence-corrected chi connectivity index (χ3v) is 5.10. The normalized spacial score (nSPS) is 16.4. The molecule has 1 aliphatic heterocycles. The van der Waals surface area contributed by atoms with Crippen LogP contribution in [0, 0.1) is 0 Å². The smallest absolute Gasteiger partial charge is 0.337 e. The second-order valence-electron chi connectivity index (χ2n) is 7.12. The van der Waals surface area contributed by atoms with E-state index in [-0.39, 0.29) is 11.9 Å². The van der Waals surface area contributed by atoms with Crippen LogP contribution in [-0.2, 0) is 22.4 Å². The van der Waals surface area contributed by atoms with Crippen LogP contribution in [0.25, 0.3) is 0 Å². The van der Waals surface area contributed by atoms with Gasteiger partial charge in [0, 0.05) is 18.3 Å². The summed E-state index contributed by atoms with van der Waals surface area (Å²) < 4.78 is 4.68. The number of rotatable bonds is 7. The molecule has 148 valence electrons. The molecule has 0 spiro atoms. The summed E-state index contributed by atoms with van der Waals surface area (Å²) in [5.74, 6) is -0.541. The van der Waals surface area contributed by atoms with Crippen molar-refractivity contribution in [3.05, 3.63) is 65.2 Å². The van der Waals surface area contributed by atoms with Crippen molar-refractivity contribution in [2.45, 2.75) is 37.8 Å². The van der Waals surface area contributed by atoms with Crippen LogP contribution in [0.4, 0.5) is 5.69 Å². The Morgan fingerprint density at radius 3 is 2.71 bits per heavy atom. The van der Waals surface area contributed by atoms with Crippen molar-refractivity contribution in [3.8, 4) is 0 Å². The summed E-state index contributed by atoms with van der Waals surface area (Å²) in [5.41, 5.74) is 9.96. The predicted octanol–water partition coefficient (Wildman–Crippen LogP) is 2.28. The SMILES string of the molecule is COC(=O)c1ccc(C[C@H](N)C(=O)NCCC2CCc3ccccc3N2)cc1. The van der Waals surface area contributed by atoms with Crippen molar-refractivity contribution >= 4 is 17.6 Å². The van der Waals surface area contributed by atoms with E-state index in [1.807, 2.05) is 6.07 Å². The third kappa shape index (κ3) is 5.10. The van der Waals surface area contributed by atoms with Crippen molar-refractivity contribution < 1.29 is 14.3 Å². The number of carbonyl (C=O) groups excluding carboxylic acids is 2. The zero-order valence-electron chi connectivity index (χ0n) is 16.1. The molecule has 0 saturated carbocycles. The highest BCUT2D eigenvalue weighted by Gasteiger charge is 2.18. The van der Waals surface area contributed by atoms with Gasteiger partial charge in [0.05, 0.1) is 18.7 Å². The van der Waals surface area contributed by atoms with Gasteiger partial charge in [0.15, 0.2) is 0 Å². The first kappa shape index (κ1) is 19.9. The van der Waals surface area contributed by atoms with Gasteiger partial charge < -0.3 is 21.1 Å². The number of ether oxygens (including phenoxy) is 1. The van der Waals surface area contributed by atoms with Gasteiger partial charge in [0.25, 0.3) is 0 Å². The second kappa shape index (κ2) is 9.37. The first-order valence-electron chi connectivity index (χ1n) is 9.62. The Labute approximate surface area is 165 Å². The summed E-state index contributed by atoms with van der Waals surface area (Å²) in [4.78, 5) is 23.7. The molecule has 1 aliphatic rings. The Bertz CT molecular complexity index is 820. The maximum absolute atomic E-state index is 12.3. The van der Waals surface area contributed by atoms with Gasteiger partial charge in [0.2, 0.25) is 5.91 Å². The van der Waals surface area contributed by atoms with E-state index in [1.54, 1.807) is 24.3 Å². The number of carbonyl (C=O) groups is 2. The molecule has 1 unspecified atom stereocenters. The van der Waals surface area contributed by atoms with Crippen molar-refractivity contribution in [3.63, 3.8) is 0 Å². The Morgan fingerprint density at radius 1 is 1.21 bits per heavy atom. The highest BCUT2D eigenvalue weighted by atomic mass is 16.5. The summed E-state index contributed by atoms with van der Waals surface area (Å²) in [6, 6.07) is 15.0. The van der Waals surface area contributed by atoms with Crippen LogP contribution in [0.1, 0.15) is 34.3 Å². The number of fused-ring (bicyclic) bond motifs is 1. The average molecular weight is 381 g/mol. The van der Waals surface area contributed by atoms with E-state index in [1.165, 1.54) is 18.4 Å². The van der Waals surface area contributed by atoms with Crippen LogP contribution in [0.15, 0.2) is 48.5 Å². The average Bonchev–Trinajstić information content (AvgIpc) is 2.73. The van der Waals surface area contributed by atoms with Gasteiger partial charge in [-0.25, -0.2) is 4.79 Å². The number of anilines is 1. The zero-order valence-corrected chi connectivity index (χ0v) is 16.1. The molecular weight excluding hydrogens is 354 g/mol. The zero-order chi connectivity index (χ0) is 19.9. The number of nitrogens with one attached hydrogen (secondary N) is 2. The second-order valence-corrected chi connectivity index (χ2v) is 7.12. The molecule has 6 nitrogen and oxygen atoms in total. The van der Waals surface area contributed by atoms with Crippen molar-refractivity contribution in [2.24, 2.45) is 5.73 Å². The summed E-state index contributed by atoms with van der Waals surface area (Å²) in [6.45, 7) is 0.591. The first-order chi connectivity index (χ1) is 13.6. The monoisotopic (exact) mass is 381 g/mol. The molecule has 0 bridgehead atoms. The fourth-order valence-electron chi connectivity index (χ4n) is 3.46. The molecule has 2 aromatic rings. The number of esters is 1. The Morgan fingerprint density at radius 2 is 1.96 bits per heavy atom. The molecule has 0 aliphatic carbocycles. The Balaban J connectivity index is 1.42. The van der Waals surface area contributed by atoms with E-state index in [0.29, 0.717) is 24.6 Å². The number of para-hydroxylation sites is 1. The minimum atomic E-state index is -0.621. The highest BCUT2D eigenvalue weighted by molar-refractivity contribution is 5.89.